The highest BCUT2D eigenvalue weighted by Gasteiger charge is 2.35. The number of ether oxygens (including phenoxy) is 2. The molecule has 0 N–H and O–H groups in total. The molecule has 4 heterocycles. The van der Waals surface area contributed by atoms with Crippen LogP contribution >= 0.6 is 0 Å². The van der Waals surface area contributed by atoms with Crippen LogP contribution in [-0.2, 0) is 24.3 Å². The third-order valence-electron chi connectivity index (χ3n) is 9.87. The molecule has 0 bridgehead atoms. The van der Waals surface area contributed by atoms with Crippen LogP contribution in [-0.4, -0.2) is 84.3 Å². The fourth-order valence-corrected chi connectivity index (χ4v) is 7.24. The number of fused-ring (bicyclic) bond motifs is 2. The Morgan fingerprint density at radius 2 is 1.85 bits per heavy atom. The number of likely N-dealkylation sites (tertiary alicyclic amines) is 1. The summed E-state index contributed by atoms with van der Waals surface area (Å²) in [6.07, 6.45) is 2.52. The van der Waals surface area contributed by atoms with Crippen molar-refractivity contribution in [1.29, 1.82) is 5.26 Å². The van der Waals surface area contributed by atoms with E-state index in [-0.39, 0.29) is 25.1 Å². The van der Waals surface area contributed by atoms with Crippen molar-refractivity contribution in [3.63, 3.8) is 0 Å². The average molecular weight is 649 g/mol. The number of rotatable bonds is 8. The lowest BCUT2D eigenvalue weighted by molar-refractivity contribution is 0.0767. The molecular weight excluding hydrogens is 602 g/mol. The minimum absolute atomic E-state index is 0.155. The smallest absolute Gasteiger partial charge is 0.410 e. The van der Waals surface area contributed by atoms with Crippen molar-refractivity contribution in [2.75, 3.05) is 56.2 Å². The summed E-state index contributed by atoms with van der Waals surface area (Å²) in [6.45, 7) is 1.79. The summed E-state index contributed by atoms with van der Waals surface area (Å²) in [5.41, 5.74) is 3.92. The van der Waals surface area contributed by atoms with E-state index < -0.39 is 12.9 Å². The Morgan fingerprint density at radius 1 is 1.00 bits per heavy atom. The van der Waals surface area contributed by atoms with E-state index >= 15 is 0 Å². The average Bonchev–Trinajstić information content (AvgIpc) is 3.56. The van der Waals surface area contributed by atoms with Gasteiger partial charge in [-0.25, -0.2) is 4.79 Å². The first-order valence-corrected chi connectivity index (χ1v) is 16.8. The van der Waals surface area contributed by atoms with Gasteiger partial charge in [-0.3, -0.25) is 0 Å². The zero-order valence-electron chi connectivity index (χ0n) is 30.3. The van der Waals surface area contributed by atoms with Gasteiger partial charge in [0.15, 0.2) is 0 Å². The standard InChI is InChI=1S/C38H43N7O3/c1-27-9-6-12-29-13-7-15-34(35(27)29)43-20-17-32-33(24-43)40-37(47-26-31-14-8-19-42(31)2)41-36(32)44-21-22-45(30(23-44)16-18-39)38(46)48-25-28-10-4-3-5-11-28/h3-7,9-13,15,30-31H,8,14,16-17,19-26H2,1-2H3/t30-,31-/m0/s1/i1D3. The van der Waals surface area contributed by atoms with E-state index in [1.54, 1.807) is 17.0 Å². The second-order valence-electron chi connectivity index (χ2n) is 12.9. The quantitative estimate of drug-likeness (QED) is 0.238. The second kappa shape index (κ2) is 14.1. The fourth-order valence-electron chi connectivity index (χ4n) is 7.24. The monoisotopic (exact) mass is 648 g/mol. The van der Waals surface area contributed by atoms with Crippen molar-refractivity contribution in [1.82, 2.24) is 19.8 Å². The molecule has 7 rings (SSSR count). The van der Waals surface area contributed by atoms with E-state index in [2.05, 4.69) is 27.8 Å². The summed E-state index contributed by atoms with van der Waals surface area (Å²) in [4.78, 5) is 31.5. The second-order valence-corrected chi connectivity index (χ2v) is 12.9. The molecule has 10 heteroatoms. The van der Waals surface area contributed by atoms with Gasteiger partial charge in [0, 0.05) is 53.0 Å². The van der Waals surface area contributed by atoms with E-state index in [9.17, 15) is 10.1 Å². The Kier molecular flexibility index (Phi) is 8.26. The van der Waals surface area contributed by atoms with Crippen LogP contribution in [0.5, 0.6) is 6.01 Å². The Labute approximate surface area is 286 Å². The maximum absolute atomic E-state index is 13.3. The number of nitriles is 1. The molecule has 1 amide bonds. The molecule has 48 heavy (non-hydrogen) atoms. The maximum atomic E-state index is 13.3. The number of benzene rings is 3. The molecule has 3 aromatic carbocycles. The van der Waals surface area contributed by atoms with Gasteiger partial charge in [0.25, 0.3) is 0 Å². The van der Waals surface area contributed by atoms with Crippen molar-refractivity contribution in [2.24, 2.45) is 0 Å². The van der Waals surface area contributed by atoms with Crippen LogP contribution in [0.25, 0.3) is 10.8 Å². The third-order valence-corrected chi connectivity index (χ3v) is 9.87. The van der Waals surface area contributed by atoms with E-state index in [1.807, 2.05) is 54.6 Å². The number of piperazine rings is 1. The summed E-state index contributed by atoms with van der Waals surface area (Å²) in [5.74, 6) is 0.760. The minimum atomic E-state index is -2.26. The Morgan fingerprint density at radius 3 is 2.65 bits per heavy atom. The van der Waals surface area contributed by atoms with Crippen molar-refractivity contribution in [2.45, 2.75) is 57.8 Å². The van der Waals surface area contributed by atoms with E-state index in [0.717, 1.165) is 58.5 Å². The predicted molar refractivity (Wildman–Crippen MR) is 186 cm³/mol. The SMILES string of the molecule is [2H]C([2H])([2H])c1cccc2cccc(N3CCc4c(nc(OC[C@@H]5CCCN5C)nc4N4CCN(C(=O)OCc5ccccc5)[C@@H](CC#N)C4)C3)c12. The molecule has 4 aromatic rings. The van der Waals surface area contributed by atoms with Gasteiger partial charge in [-0.15, -0.1) is 0 Å². The van der Waals surface area contributed by atoms with Gasteiger partial charge < -0.3 is 29.1 Å². The lowest BCUT2D eigenvalue weighted by Gasteiger charge is -2.42. The summed E-state index contributed by atoms with van der Waals surface area (Å²) in [6, 6.07) is 23.4. The van der Waals surface area contributed by atoms with Crippen molar-refractivity contribution in [3.05, 3.63) is 89.1 Å². The predicted octanol–water partition coefficient (Wildman–Crippen LogP) is 5.72. The van der Waals surface area contributed by atoms with Crippen LogP contribution in [0.2, 0.25) is 0 Å². The van der Waals surface area contributed by atoms with Gasteiger partial charge in [-0.2, -0.15) is 15.2 Å². The van der Waals surface area contributed by atoms with E-state index in [0.29, 0.717) is 57.3 Å². The number of carbonyl (C=O) groups excluding carboxylic acids is 1. The number of aryl methyl sites for hydroxylation is 1. The first-order valence-electron chi connectivity index (χ1n) is 18.3. The van der Waals surface area contributed by atoms with E-state index in [1.165, 1.54) is 0 Å². The van der Waals surface area contributed by atoms with Gasteiger partial charge in [-0.1, -0.05) is 60.7 Å². The molecule has 0 spiro atoms. The van der Waals surface area contributed by atoms with Crippen LogP contribution in [0.15, 0.2) is 66.7 Å². The summed E-state index contributed by atoms with van der Waals surface area (Å²) in [5, 5.41) is 11.4. The zero-order chi connectivity index (χ0) is 35.5. The lowest BCUT2D eigenvalue weighted by Crippen LogP contribution is -2.55. The van der Waals surface area contributed by atoms with Crippen molar-refractivity contribution < 1.29 is 18.4 Å². The summed E-state index contributed by atoms with van der Waals surface area (Å²) < 4.78 is 36.7. The molecule has 0 saturated carbocycles. The highest BCUT2D eigenvalue weighted by Crippen LogP contribution is 2.36. The molecule has 2 fully saturated rings. The largest absolute Gasteiger partial charge is 0.462 e. The number of carbonyl (C=O) groups is 1. The highest BCUT2D eigenvalue weighted by molar-refractivity contribution is 5.97. The van der Waals surface area contributed by atoms with Crippen molar-refractivity contribution in [3.8, 4) is 12.1 Å². The Balaban J connectivity index is 1.18. The van der Waals surface area contributed by atoms with Gasteiger partial charge in [0.05, 0.1) is 30.8 Å². The number of aromatic nitrogens is 2. The first kappa shape index (κ1) is 28.2. The van der Waals surface area contributed by atoms with Gasteiger partial charge >= 0.3 is 12.1 Å². The highest BCUT2D eigenvalue weighted by atomic mass is 16.6. The number of likely N-dealkylation sites (N-methyl/N-ethyl adjacent to an activating group) is 1. The minimum Gasteiger partial charge on any atom is -0.462 e. The molecule has 2 saturated heterocycles. The number of hydrogen-bond acceptors (Lipinski definition) is 9. The van der Waals surface area contributed by atoms with Gasteiger partial charge in [0.1, 0.15) is 19.0 Å². The van der Waals surface area contributed by atoms with Crippen LogP contribution in [0.1, 0.15) is 45.8 Å². The Hall–Kier alpha value is -4.88. The lowest BCUT2D eigenvalue weighted by atomic mass is 9.99. The summed E-state index contributed by atoms with van der Waals surface area (Å²) >= 11 is 0. The number of hydrogen-bond donors (Lipinski definition) is 0. The molecule has 3 aliphatic rings. The maximum Gasteiger partial charge on any atom is 0.410 e. The van der Waals surface area contributed by atoms with Crippen LogP contribution < -0.4 is 14.5 Å². The topological polar surface area (TPSA) is 98.1 Å². The molecule has 248 valence electrons. The third kappa shape index (κ3) is 6.60. The normalized spacial score (nSPS) is 20.8. The van der Waals surface area contributed by atoms with Gasteiger partial charge in [-0.05, 0) is 62.3 Å². The van der Waals surface area contributed by atoms with E-state index in [4.69, 9.17) is 23.6 Å². The number of amides is 1. The number of anilines is 2. The zero-order valence-corrected chi connectivity index (χ0v) is 27.3. The molecule has 0 aliphatic carbocycles. The van der Waals surface area contributed by atoms with Crippen LogP contribution in [0.3, 0.4) is 0 Å². The molecule has 10 nitrogen and oxygen atoms in total. The molecule has 0 radical (unpaired) electrons. The Bertz CT molecular complexity index is 1910. The molecule has 3 aliphatic heterocycles. The molecule has 2 atom stereocenters. The van der Waals surface area contributed by atoms with Crippen LogP contribution in [0.4, 0.5) is 16.3 Å². The first-order chi connectivity index (χ1) is 24.7. The van der Waals surface area contributed by atoms with Crippen molar-refractivity contribution >= 4 is 28.4 Å². The van der Waals surface area contributed by atoms with Gasteiger partial charge in [0.2, 0.25) is 0 Å². The fraction of sp³-hybridized carbons (Fsp3) is 0.421. The number of nitrogens with zero attached hydrogens (tertiary/aromatic N) is 7. The summed E-state index contributed by atoms with van der Waals surface area (Å²) in [7, 11) is 2.11. The molecule has 0 unspecified atom stereocenters. The molecular formula is C38H43N7O3. The van der Waals surface area contributed by atoms with Crippen LogP contribution in [0, 0.1) is 18.2 Å². The molecule has 1 aromatic heterocycles.